The van der Waals surface area contributed by atoms with Crippen molar-refractivity contribution in [1.29, 1.82) is 0 Å². The van der Waals surface area contributed by atoms with Crippen LogP contribution in [0.25, 0.3) is 0 Å². The van der Waals surface area contributed by atoms with E-state index >= 15 is 0 Å². The number of benzene rings is 1. The van der Waals surface area contributed by atoms with Crippen molar-refractivity contribution in [1.82, 2.24) is 10.6 Å². The van der Waals surface area contributed by atoms with Gasteiger partial charge in [-0.05, 0) is 39.7 Å². The molecule has 26 heavy (non-hydrogen) atoms. The predicted molar refractivity (Wildman–Crippen MR) is 108 cm³/mol. The maximum Gasteiger partial charge on any atom is 0.191 e. The Kier molecular flexibility index (Phi) is 9.08. The molecular weight excluding hydrogens is 350 g/mol. The van der Waals surface area contributed by atoms with Gasteiger partial charge in [-0.25, -0.2) is 8.42 Å². The van der Waals surface area contributed by atoms with E-state index in [9.17, 15) is 8.42 Å². The van der Waals surface area contributed by atoms with Crippen LogP contribution in [0.1, 0.15) is 45.8 Å². The van der Waals surface area contributed by atoms with Gasteiger partial charge in [0, 0.05) is 26.7 Å². The Morgan fingerprint density at radius 1 is 1.15 bits per heavy atom. The van der Waals surface area contributed by atoms with Crippen molar-refractivity contribution >= 4 is 15.8 Å². The Hall–Kier alpha value is -1.60. The summed E-state index contributed by atoms with van der Waals surface area (Å²) in [7, 11) is -1.46. The van der Waals surface area contributed by atoms with E-state index in [2.05, 4.69) is 27.8 Å². The molecule has 0 saturated carbocycles. The zero-order valence-electron chi connectivity index (χ0n) is 16.6. The van der Waals surface area contributed by atoms with Crippen LogP contribution in [-0.2, 0) is 14.6 Å². The monoisotopic (exact) mass is 383 g/mol. The van der Waals surface area contributed by atoms with E-state index in [1.807, 2.05) is 25.1 Å². The molecule has 0 heterocycles. The summed E-state index contributed by atoms with van der Waals surface area (Å²) in [6, 6.07) is 10.1. The molecule has 1 aromatic rings. The van der Waals surface area contributed by atoms with Crippen LogP contribution in [-0.4, -0.2) is 51.6 Å². The molecular formula is C19H33N3O3S. The van der Waals surface area contributed by atoms with Crippen LogP contribution in [0.5, 0.6) is 0 Å². The molecule has 0 spiro atoms. The number of hydrogen-bond acceptors (Lipinski definition) is 4. The summed E-state index contributed by atoms with van der Waals surface area (Å²) in [4.78, 5) is 4.11. The van der Waals surface area contributed by atoms with Gasteiger partial charge in [-0.2, -0.15) is 0 Å². The molecule has 1 unspecified atom stereocenters. The van der Waals surface area contributed by atoms with E-state index in [-0.39, 0.29) is 11.9 Å². The highest BCUT2D eigenvalue weighted by Crippen LogP contribution is 2.16. The van der Waals surface area contributed by atoms with Gasteiger partial charge in [0.2, 0.25) is 0 Å². The minimum Gasteiger partial charge on any atom is -0.374 e. The molecule has 6 nitrogen and oxygen atoms in total. The third kappa shape index (κ3) is 7.74. The van der Waals surface area contributed by atoms with Crippen molar-refractivity contribution in [3.63, 3.8) is 0 Å². The first-order valence-electron chi connectivity index (χ1n) is 9.01. The summed E-state index contributed by atoms with van der Waals surface area (Å²) >= 11 is 0. The van der Waals surface area contributed by atoms with Crippen LogP contribution >= 0.6 is 0 Å². The first-order chi connectivity index (χ1) is 12.2. The van der Waals surface area contributed by atoms with Gasteiger partial charge in [0.05, 0.1) is 16.6 Å². The first kappa shape index (κ1) is 22.4. The molecule has 0 aliphatic rings. The van der Waals surface area contributed by atoms with Crippen molar-refractivity contribution in [2.45, 2.75) is 45.0 Å². The van der Waals surface area contributed by atoms with Crippen molar-refractivity contribution in [2.24, 2.45) is 4.99 Å². The molecule has 0 aliphatic heterocycles. The van der Waals surface area contributed by atoms with Crippen LogP contribution < -0.4 is 10.6 Å². The quantitative estimate of drug-likeness (QED) is 0.389. The van der Waals surface area contributed by atoms with Crippen molar-refractivity contribution < 1.29 is 13.2 Å². The molecule has 0 aromatic heterocycles. The highest BCUT2D eigenvalue weighted by Gasteiger charge is 2.28. The summed E-state index contributed by atoms with van der Waals surface area (Å²) in [6.07, 6.45) is 0.897. The smallest absolute Gasteiger partial charge is 0.191 e. The molecule has 0 radical (unpaired) electrons. The Morgan fingerprint density at radius 3 is 2.35 bits per heavy atom. The highest BCUT2D eigenvalue weighted by molar-refractivity contribution is 7.92. The maximum atomic E-state index is 12.1. The second-order valence-corrected chi connectivity index (χ2v) is 10.00. The largest absolute Gasteiger partial charge is 0.374 e. The molecule has 0 amide bonds. The van der Waals surface area contributed by atoms with Gasteiger partial charge in [-0.3, -0.25) is 4.99 Å². The zero-order valence-corrected chi connectivity index (χ0v) is 17.4. The molecule has 148 valence electrons. The Morgan fingerprint density at radius 2 is 1.77 bits per heavy atom. The number of guanidine groups is 1. The summed E-state index contributed by atoms with van der Waals surface area (Å²) in [5, 5.41) is 6.21. The number of hydrogen-bond donors (Lipinski definition) is 2. The van der Waals surface area contributed by atoms with Crippen molar-refractivity contribution in [3.8, 4) is 0 Å². The molecule has 0 aliphatic carbocycles. The number of rotatable bonds is 9. The minimum absolute atomic E-state index is 0.0660. The van der Waals surface area contributed by atoms with Gasteiger partial charge in [0.15, 0.2) is 15.8 Å². The van der Waals surface area contributed by atoms with Crippen LogP contribution in [0.15, 0.2) is 35.3 Å². The van der Waals surface area contributed by atoms with Gasteiger partial charge in [0.1, 0.15) is 0 Å². The molecule has 1 aromatic carbocycles. The van der Waals surface area contributed by atoms with E-state index in [4.69, 9.17) is 4.74 Å². The van der Waals surface area contributed by atoms with Gasteiger partial charge < -0.3 is 15.4 Å². The average Bonchev–Trinajstić information content (AvgIpc) is 2.59. The summed E-state index contributed by atoms with van der Waals surface area (Å²) in [5.41, 5.74) is 1.16. The van der Waals surface area contributed by atoms with Gasteiger partial charge in [0.25, 0.3) is 0 Å². The standard InChI is InChI=1S/C19H33N3O3S/c1-16(17-10-7-6-8-11-17)25-14-9-12-21-18(20-5)22-13-15-26(23,24)19(2,3)4/h6-8,10-11,16H,9,12-15H2,1-5H3,(H2,20,21,22). The number of nitrogens with zero attached hydrogens (tertiary/aromatic N) is 1. The molecule has 0 fully saturated rings. The molecule has 1 atom stereocenters. The van der Waals surface area contributed by atoms with Gasteiger partial charge in [-0.15, -0.1) is 0 Å². The molecule has 7 heteroatoms. The van der Waals surface area contributed by atoms with Crippen LogP contribution in [0.2, 0.25) is 0 Å². The number of nitrogens with one attached hydrogen (secondary N) is 2. The number of ether oxygens (including phenoxy) is 1. The van der Waals surface area contributed by atoms with Crippen LogP contribution in [0, 0.1) is 0 Å². The Labute approximate surface area is 158 Å². The van der Waals surface area contributed by atoms with Gasteiger partial charge in [-0.1, -0.05) is 30.3 Å². The lowest BCUT2D eigenvalue weighted by atomic mass is 10.1. The van der Waals surface area contributed by atoms with Crippen LogP contribution in [0.4, 0.5) is 0 Å². The average molecular weight is 384 g/mol. The number of aliphatic imine (C=N–C) groups is 1. The fourth-order valence-corrected chi connectivity index (χ4v) is 3.17. The lowest BCUT2D eigenvalue weighted by molar-refractivity contribution is 0.0646. The normalized spacial score (nSPS) is 14.1. The second-order valence-electron chi connectivity index (χ2n) is 7.13. The van der Waals surface area contributed by atoms with Crippen LogP contribution in [0.3, 0.4) is 0 Å². The lowest BCUT2D eigenvalue weighted by Crippen LogP contribution is -2.42. The third-order valence-electron chi connectivity index (χ3n) is 4.07. The predicted octanol–water partition coefficient (Wildman–Crippen LogP) is 2.53. The van der Waals surface area contributed by atoms with Crippen molar-refractivity contribution in [3.05, 3.63) is 35.9 Å². The summed E-state index contributed by atoms with van der Waals surface area (Å²) in [6.45, 7) is 8.86. The van der Waals surface area contributed by atoms with Gasteiger partial charge >= 0.3 is 0 Å². The first-order valence-corrected chi connectivity index (χ1v) is 10.7. The van der Waals surface area contributed by atoms with Crippen molar-refractivity contribution in [2.75, 3.05) is 32.5 Å². The fraction of sp³-hybridized carbons (Fsp3) is 0.632. The summed E-state index contributed by atoms with van der Waals surface area (Å²) in [5.74, 6) is 0.680. The minimum atomic E-state index is -3.13. The molecule has 0 saturated heterocycles. The van der Waals surface area contributed by atoms with E-state index in [0.717, 1.165) is 12.0 Å². The lowest BCUT2D eigenvalue weighted by Gasteiger charge is -2.20. The fourth-order valence-electron chi connectivity index (χ4n) is 2.19. The second kappa shape index (κ2) is 10.5. The highest BCUT2D eigenvalue weighted by atomic mass is 32.2. The molecule has 1 rings (SSSR count). The number of sulfone groups is 1. The molecule has 0 bridgehead atoms. The molecule has 2 N–H and O–H groups in total. The van der Waals surface area contributed by atoms with E-state index in [0.29, 0.717) is 25.7 Å². The topological polar surface area (TPSA) is 79.8 Å². The summed E-state index contributed by atoms with van der Waals surface area (Å²) < 4.78 is 29.3. The maximum absolute atomic E-state index is 12.1. The van der Waals surface area contributed by atoms with E-state index in [1.165, 1.54) is 0 Å². The van der Waals surface area contributed by atoms with E-state index in [1.54, 1.807) is 27.8 Å². The zero-order chi connectivity index (χ0) is 19.6. The third-order valence-corrected chi connectivity index (χ3v) is 6.68. The van der Waals surface area contributed by atoms with E-state index < -0.39 is 14.6 Å². The Balaban J connectivity index is 2.23. The Bertz CT molecular complexity index is 652. The SMILES string of the molecule is CN=C(NCCCOC(C)c1ccccc1)NCCS(=O)(=O)C(C)(C)C.